The summed E-state index contributed by atoms with van der Waals surface area (Å²) < 4.78 is 16.6. The van der Waals surface area contributed by atoms with Crippen molar-refractivity contribution in [2.24, 2.45) is 0 Å². The number of ether oxygens (including phenoxy) is 3. The highest BCUT2D eigenvalue weighted by Crippen LogP contribution is 2.18. The molecule has 156 valence electrons. The molecule has 0 aliphatic carbocycles. The molecule has 3 rings (SSSR count). The van der Waals surface area contributed by atoms with Gasteiger partial charge in [-0.3, -0.25) is 4.79 Å². The van der Waals surface area contributed by atoms with Crippen molar-refractivity contribution in [3.63, 3.8) is 0 Å². The zero-order valence-corrected chi connectivity index (χ0v) is 17.2. The average molecular weight is 400 g/mol. The minimum Gasteiger partial charge on any atom is -0.484 e. The van der Waals surface area contributed by atoms with E-state index in [1.54, 1.807) is 0 Å². The second kappa shape index (κ2) is 10.1. The maximum absolute atomic E-state index is 12.0. The Kier molecular flexibility index (Phi) is 7.24. The van der Waals surface area contributed by atoms with Gasteiger partial charge >= 0.3 is 0 Å². The smallest absolute Gasteiger partial charge is 0.258 e. The molecule has 2 aromatic rings. The maximum Gasteiger partial charge on any atom is 0.258 e. The SMILES string of the molecule is Cc1cc(C)cc(OCC(=O)NCCOc2cc(N3CCOCC3)nc(C)n2)c1. The van der Waals surface area contributed by atoms with E-state index in [0.717, 1.165) is 30.0 Å². The Bertz CT molecular complexity index is 817. The number of nitrogens with one attached hydrogen (secondary N) is 1. The molecule has 0 unspecified atom stereocenters. The van der Waals surface area contributed by atoms with E-state index in [2.05, 4.69) is 26.3 Å². The van der Waals surface area contributed by atoms with Crippen LogP contribution in [-0.2, 0) is 9.53 Å². The molecule has 1 aromatic carbocycles. The molecule has 8 nitrogen and oxygen atoms in total. The first-order chi connectivity index (χ1) is 14.0. The van der Waals surface area contributed by atoms with E-state index < -0.39 is 0 Å². The zero-order valence-electron chi connectivity index (χ0n) is 17.2. The van der Waals surface area contributed by atoms with E-state index in [1.807, 2.05) is 39.0 Å². The second-order valence-electron chi connectivity index (χ2n) is 7.02. The van der Waals surface area contributed by atoms with Crippen LogP contribution in [-0.4, -0.2) is 61.9 Å². The van der Waals surface area contributed by atoms with Gasteiger partial charge in [-0.2, -0.15) is 4.98 Å². The summed E-state index contributed by atoms with van der Waals surface area (Å²) in [5.41, 5.74) is 2.20. The molecule has 0 spiro atoms. The molecule has 1 fully saturated rings. The van der Waals surface area contributed by atoms with Gasteiger partial charge in [0.1, 0.15) is 24.0 Å². The molecule has 1 saturated heterocycles. The summed E-state index contributed by atoms with van der Waals surface area (Å²) in [5.74, 6) is 2.48. The third-order valence-corrected chi connectivity index (χ3v) is 4.38. The van der Waals surface area contributed by atoms with Crippen molar-refractivity contribution in [1.29, 1.82) is 0 Å². The van der Waals surface area contributed by atoms with Gasteiger partial charge in [0.25, 0.3) is 5.91 Å². The number of anilines is 1. The van der Waals surface area contributed by atoms with Gasteiger partial charge in [-0.1, -0.05) is 6.07 Å². The van der Waals surface area contributed by atoms with Crippen molar-refractivity contribution >= 4 is 11.7 Å². The van der Waals surface area contributed by atoms with Crippen molar-refractivity contribution in [1.82, 2.24) is 15.3 Å². The van der Waals surface area contributed by atoms with Crippen LogP contribution < -0.4 is 19.7 Å². The fourth-order valence-corrected chi connectivity index (χ4v) is 3.12. The van der Waals surface area contributed by atoms with Gasteiger partial charge in [-0.15, -0.1) is 0 Å². The lowest BCUT2D eigenvalue weighted by Crippen LogP contribution is -2.37. The Balaban J connectivity index is 1.41. The number of carbonyl (C=O) groups excluding carboxylic acids is 1. The molecule has 0 saturated carbocycles. The molecule has 1 N–H and O–H groups in total. The van der Waals surface area contributed by atoms with E-state index in [4.69, 9.17) is 14.2 Å². The Morgan fingerprint density at radius 1 is 1.07 bits per heavy atom. The molecule has 0 radical (unpaired) electrons. The molecular weight excluding hydrogens is 372 g/mol. The lowest BCUT2D eigenvalue weighted by Gasteiger charge is -2.28. The summed E-state index contributed by atoms with van der Waals surface area (Å²) in [5, 5.41) is 2.79. The molecule has 1 aliphatic heterocycles. The summed E-state index contributed by atoms with van der Waals surface area (Å²) in [6.07, 6.45) is 0. The number of nitrogens with zero attached hydrogens (tertiary/aromatic N) is 3. The number of hydrogen-bond donors (Lipinski definition) is 1. The van der Waals surface area contributed by atoms with Crippen LogP contribution in [0, 0.1) is 20.8 Å². The first kappa shape index (κ1) is 20.9. The molecule has 0 bridgehead atoms. The van der Waals surface area contributed by atoms with Gasteiger partial charge in [0, 0.05) is 19.2 Å². The van der Waals surface area contributed by atoms with Crippen LogP contribution in [0.15, 0.2) is 24.3 Å². The molecule has 1 amide bonds. The Morgan fingerprint density at radius 2 is 1.79 bits per heavy atom. The fourth-order valence-electron chi connectivity index (χ4n) is 3.12. The predicted molar refractivity (Wildman–Crippen MR) is 110 cm³/mol. The number of hydrogen-bond acceptors (Lipinski definition) is 7. The van der Waals surface area contributed by atoms with Crippen LogP contribution in [0.25, 0.3) is 0 Å². The van der Waals surface area contributed by atoms with Crippen molar-refractivity contribution in [3.05, 3.63) is 41.2 Å². The van der Waals surface area contributed by atoms with Gasteiger partial charge in [0.2, 0.25) is 5.88 Å². The molecule has 0 atom stereocenters. The normalized spacial score (nSPS) is 13.8. The number of rotatable bonds is 8. The Hall–Kier alpha value is -2.87. The quantitative estimate of drug-likeness (QED) is 0.677. The molecule has 2 heterocycles. The van der Waals surface area contributed by atoms with Gasteiger partial charge in [-0.05, 0) is 44.0 Å². The number of amides is 1. The van der Waals surface area contributed by atoms with Crippen LogP contribution in [0.3, 0.4) is 0 Å². The lowest BCUT2D eigenvalue weighted by atomic mass is 10.1. The van der Waals surface area contributed by atoms with E-state index in [0.29, 0.717) is 43.8 Å². The van der Waals surface area contributed by atoms with Crippen LogP contribution in [0.1, 0.15) is 17.0 Å². The summed E-state index contributed by atoms with van der Waals surface area (Å²) in [4.78, 5) is 22.9. The molecule has 1 aromatic heterocycles. The van der Waals surface area contributed by atoms with Gasteiger partial charge in [-0.25, -0.2) is 4.98 Å². The highest BCUT2D eigenvalue weighted by Gasteiger charge is 2.14. The summed E-state index contributed by atoms with van der Waals surface area (Å²) in [6.45, 7) is 9.45. The van der Waals surface area contributed by atoms with Crippen molar-refractivity contribution in [2.45, 2.75) is 20.8 Å². The topological polar surface area (TPSA) is 85.8 Å². The van der Waals surface area contributed by atoms with Crippen molar-refractivity contribution < 1.29 is 19.0 Å². The van der Waals surface area contributed by atoms with E-state index >= 15 is 0 Å². The minimum absolute atomic E-state index is 0.0311. The lowest BCUT2D eigenvalue weighted by molar-refractivity contribution is -0.123. The number of carbonyl (C=O) groups is 1. The highest BCUT2D eigenvalue weighted by molar-refractivity contribution is 5.77. The number of aromatic nitrogens is 2. The van der Waals surface area contributed by atoms with Gasteiger partial charge in [0.05, 0.1) is 19.8 Å². The van der Waals surface area contributed by atoms with Crippen LogP contribution in [0.4, 0.5) is 5.82 Å². The second-order valence-corrected chi connectivity index (χ2v) is 7.02. The summed E-state index contributed by atoms with van der Waals surface area (Å²) >= 11 is 0. The molecule has 8 heteroatoms. The molecule has 29 heavy (non-hydrogen) atoms. The summed E-state index contributed by atoms with van der Waals surface area (Å²) in [7, 11) is 0. The Morgan fingerprint density at radius 3 is 2.52 bits per heavy atom. The predicted octanol–water partition coefficient (Wildman–Crippen LogP) is 1.81. The number of morpholine rings is 1. The fraction of sp³-hybridized carbons (Fsp3) is 0.476. The third kappa shape index (κ3) is 6.60. The number of aryl methyl sites for hydroxylation is 3. The minimum atomic E-state index is -0.194. The van der Waals surface area contributed by atoms with Crippen LogP contribution >= 0.6 is 0 Å². The van der Waals surface area contributed by atoms with Crippen LogP contribution in [0.5, 0.6) is 11.6 Å². The maximum atomic E-state index is 12.0. The highest BCUT2D eigenvalue weighted by atomic mass is 16.5. The molecule has 1 aliphatic rings. The van der Waals surface area contributed by atoms with Gasteiger partial charge in [0.15, 0.2) is 6.61 Å². The Labute approximate surface area is 171 Å². The van der Waals surface area contributed by atoms with Crippen LogP contribution in [0.2, 0.25) is 0 Å². The van der Waals surface area contributed by atoms with E-state index in [9.17, 15) is 4.79 Å². The standard InChI is InChI=1S/C21H28N4O4/c1-15-10-16(2)12-18(11-15)29-14-20(26)22-4-7-28-21-13-19(23-17(3)24-21)25-5-8-27-9-6-25/h10-13H,4-9,14H2,1-3H3,(H,22,26). The number of benzene rings is 1. The third-order valence-electron chi connectivity index (χ3n) is 4.38. The van der Waals surface area contributed by atoms with Gasteiger partial charge < -0.3 is 24.4 Å². The summed E-state index contributed by atoms with van der Waals surface area (Å²) in [6, 6.07) is 7.70. The molecular formula is C21H28N4O4. The average Bonchev–Trinajstić information content (AvgIpc) is 2.69. The first-order valence-electron chi connectivity index (χ1n) is 9.78. The first-order valence-corrected chi connectivity index (χ1v) is 9.78. The largest absolute Gasteiger partial charge is 0.484 e. The van der Waals surface area contributed by atoms with Crippen molar-refractivity contribution in [2.75, 3.05) is 51.0 Å². The van der Waals surface area contributed by atoms with E-state index in [1.165, 1.54) is 0 Å². The van der Waals surface area contributed by atoms with E-state index in [-0.39, 0.29) is 12.5 Å². The van der Waals surface area contributed by atoms with Crippen molar-refractivity contribution in [3.8, 4) is 11.6 Å². The zero-order chi connectivity index (χ0) is 20.6. The monoisotopic (exact) mass is 400 g/mol.